The lowest BCUT2D eigenvalue weighted by atomic mass is 10.1. The van der Waals surface area contributed by atoms with Gasteiger partial charge in [-0.2, -0.15) is 0 Å². The first-order valence-electron chi connectivity index (χ1n) is 12.3. The Kier molecular flexibility index (Phi) is 8.99. The van der Waals surface area contributed by atoms with Crippen LogP contribution in [-0.2, 0) is 26.0 Å². The van der Waals surface area contributed by atoms with Crippen LogP contribution in [0.3, 0.4) is 0 Å². The van der Waals surface area contributed by atoms with Crippen molar-refractivity contribution in [2.24, 2.45) is 0 Å². The zero-order valence-corrected chi connectivity index (χ0v) is 25.2. The van der Waals surface area contributed by atoms with E-state index in [9.17, 15) is 18.0 Å². The van der Waals surface area contributed by atoms with Crippen LogP contribution in [0.15, 0.2) is 47.5 Å². The number of fused-ring (bicyclic) bond motifs is 1. The van der Waals surface area contributed by atoms with Crippen molar-refractivity contribution in [3.63, 3.8) is 0 Å². The smallest absolute Gasteiger partial charge is 0.274 e. The molecule has 3 aromatic rings. The van der Waals surface area contributed by atoms with Gasteiger partial charge >= 0.3 is 0 Å². The van der Waals surface area contributed by atoms with Crippen molar-refractivity contribution in [3.05, 3.63) is 48.2 Å². The molecule has 1 fully saturated rings. The second kappa shape index (κ2) is 11.9. The van der Waals surface area contributed by atoms with E-state index in [-0.39, 0.29) is 23.9 Å². The first-order valence-corrected chi connectivity index (χ1v) is 14.9. The van der Waals surface area contributed by atoms with Gasteiger partial charge in [0.05, 0.1) is 30.3 Å². The van der Waals surface area contributed by atoms with Crippen LogP contribution in [0.2, 0.25) is 0 Å². The molecule has 0 aliphatic carbocycles. The molecule has 216 valence electrons. The van der Waals surface area contributed by atoms with E-state index in [0.717, 1.165) is 5.56 Å². The van der Waals surface area contributed by atoms with Gasteiger partial charge in [0.2, 0.25) is 5.91 Å². The maximum atomic E-state index is 14.0. The monoisotopic (exact) mass is 630 g/mol. The van der Waals surface area contributed by atoms with Crippen molar-refractivity contribution in [1.29, 1.82) is 0 Å². The van der Waals surface area contributed by atoms with E-state index >= 15 is 0 Å². The third-order valence-electron chi connectivity index (χ3n) is 6.69. The molecular formula is C26H29Cl3N4O6S. The van der Waals surface area contributed by atoms with Crippen LogP contribution in [0, 0.1) is 0 Å². The number of hydrogen-bond donors (Lipinski definition) is 1. The van der Waals surface area contributed by atoms with Crippen molar-refractivity contribution in [2.45, 2.75) is 22.0 Å². The van der Waals surface area contributed by atoms with Gasteiger partial charge in [-0.15, -0.1) is 0 Å². The maximum Gasteiger partial charge on any atom is 0.274 e. The lowest BCUT2D eigenvalue weighted by molar-refractivity contribution is -0.130. The van der Waals surface area contributed by atoms with Gasteiger partial charge in [0.15, 0.2) is 0 Å². The second-order valence-electron chi connectivity index (χ2n) is 9.18. The number of rotatable bonds is 8. The third-order valence-corrected chi connectivity index (χ3v) is 8.84. The number of piperazine rings is 1. The van der Waals surface area contributed by atoms with Crippen molar-refractivity contribution >= 4 is 73.2 Å². The largest absolute Gasteiger partial charge is 0.497 e. The van der Waals surface area contributed by atoms with Crippen LogP contribution in [0.25, 0.3) is 10.9 Å². The standard InChI is InChI=1S/C26H29Cl3N4O6S/c1-17(34)30-9-8-18-16-33(22-6-4-19(38-2)14-21(18)22)40(36,37)20-5-7-24(39-3)23(15-20)31-10-12-32(13-11-31)25(35)26(27,28)29/h4-7,14-16H,8-13H2,1-3H3,(H,30,34). The topological polar surface area (TPSA) is 110 Å². The van der Waals surface area contributed by atoms with Crippen LogP contribution in [0.5, 0.6) is 11.5 Å². The Morgan fingerprint density at radius 3 is 2.30 bits per heavy atom. The number of carbonyl (C=O) groups is 2. The molecule has 1 saturated heterocycles. The van der Waals surface area contributed by atoms with E-state index in [4.69, 9.17) is 44.3 Å². The predicted octanol–water partition coefficient (Wildman–Crippen LogP) is 3.59. The van der Waals surface area contributed by atoms with Gasteiger partial charge in [-0.25, -0.2) is 12.4 Å². The molecule has 2 amide bonds. The molecular weight excluding hydrogens is 603 g/mol. The number of hydrogen-bond acceptors (Lipinski definition) is 7. The molecule has 0 radical (unpaired) electrons. The highest BCUT2D eigenvalue weighted by Crippen LogP contribution is 2.35. The lowest BCUT2D eigenvalue weighted by Crippen LogP contribution is -2.51. The fourth-order valence-electron chi connectivity index (χ4n) is 4.66. The summed E-state index contributed by atoms with van der Waals surface area (Å²) in [6.45, 7) is 3.11. The van der Waals surface area contributed by atoms with Gasteiger partial charge in [0, 0.05) is 51.2 Å². The Labute approximate surface area is 247 Å². The molecule has 1 aromatic heterocycles. The van der Waals surface area contributed by atoms with E-state index < -0.39 is 19.7 Å². The fourth-order valence-corrected chi connectivity index (χ4v) is 6.43. The molecule has 0 unspecified atom stereocenters. The number of anilines is 1. The number of ether oxygens (including phenoxy) is 2. The summed E-state index contributed by atoms with van der Waals surface area (Å²) >= 11 is 17.3. The average molecular weight is 632 g/mol. The normalized spacial score (nSPS) is 14.3. The van der Waals surface area contributed by atoms with Crippen LogP contribution in [0.1, 0.15) is 12.5 Å². The zero-order chi connectivity index (χ0) is 29.2. The molecule has 14 heteroatoms. The molecule has 2 aromatic carbocycles. The molecule has 40 heavy (non-hydrogen) atoms. The van der Waals surface area contributed by atoms with Gasteiger partial charge < -0.3 is 24.6 Å². The number of nitrogens with zero attached hydrogens (tertiary/aromatic N) is 3. The first kappa shape index (κ1) is 30.1. The average Bonchev–Trinajstić information content (AvgIpc) is 3.30. The summed E-state index contributed by atoms with van der Waals surface area (Å²) in [5.74, 6) is 0.295. The highest BCUT2D eigenvalue weighted by Gasteiger charge is 2.37. The molecule has 4 rings (SSSR count). The molecule has 0 atom stereocenters. The maximum absolute atomic E-state index is 14.0. The SMILES string of the molecule is COc1ccc2c(c1)c(CCNC(C)=O)cn2S(=O)(=O)c1ccc(OC)c(N2CCN(C(=O)C(Cl)(Cl)Cl)CC2)c1. The lowest BCUT2D eigenvalue weighted by Gasteiger charge is -2.37. The van der Waals surface area contributed by atoms with Crippen LogP contribution >= 0.6 is 34.8 Å². The van der Waals surface area contributed by atoms with Gasteiger partial charge in [0.25, 0.3) is 19.7 Å². The summed E-state index contributed by atoms with van der Waals surface area (Å²) in [4.78, 5) is 27.2. The van der Waals surface area contributed by atoms with Crippen molar-refractivity contribution < 1.29 is 27.5 Å². The number of nitrogens with one attached hydrogen (secondary N) is 1. The summed E-state index contributed by atoms with van der Waals surface area (Å²) in [6, 6.07) is 9.83. The van der Waals surface area contributed by atoms with E-state index in [0.29, 0.717) is 54.1 Å². The Bertz CT molecular complexity index is 1530. The van der Waals surface area contributed by atoms with E-state index in [1.165, 1.54) is 36.1 Å². The summed E-state index contributed by atoms with van der Waals surface area (Å²) in [7, 11) is -1.00. The zero-order valence-electron chi connectivity index (χ0n) is 22.1. The molecule has 0 saturated carbocycles. The van der Waals surface area contributed by atoms with Crippen LogP contribution in [-0.4, -0.2) is 79.8 Å². The first-order chi connectivity index (χ1) is 18.9. The highest BCUT2D eigenvalue weighted by atomic mass is 35.6. The fraction of sp³-hybridized carbons (Fsp3) is 0.385. The summed E-state index contributed by atoms with van der Waals surface area (Å²) in [6.07, 6.45) is 2.00. The molecule has 10 nitrogen and oxygen atoms in total. The number of aromatic nitrogens is 1. The molecule has 1 aliphatic rings. The second-order valence-corrected chi connectivity index (χ2v) is 13.3. The minimum Gasteiger partial charge on any atom is -0.497 e. The van der Waals surface area contributed by atoms with E-state index in [2.05, 4.69) is 5.32 Å². The number of alkyl halides is 3. The van der Waals surface area contributed by atoms with Crippen molar-refractivity contribution in [3.8, 4) is 11.5 Å². The highest BCUT2D eigenvalue weighted by molar-refractivity contribution is 7.90. The Balaban J connectivity index is 1.69. The Morgan fingerprint density at radius 2 is 1.70 bits per heavy atom. The van der Waals surface area contributed by atoms with E-state index in [1.54, 1.807) is 36.5 Å². The molecule has 2 heterocycles. The number of benzene rings is 2. The van der Waals surface area contributed by atoms with Gasteiger partial charge in [-0.05, 0) is 48.4 Å². The molecule has 1 aliphatic heterocycles. The Hall–Kier alpha value is -2.86. The Morgan fingerprint density at radius 1 is 1.00 bits per heavy atom. The molecule has 0 bridgehead atoms. The van der Waals surface area contributed by atoms with Gasteiger partial charge in [0.1, 0.15) is 11.5 Å². The van der Waals surface area contributed by atoms with Gasteiger partial charge in [-0.3, -0.25) is 9.59 Å². The number of methoxy groups -OCH3 is 2. The van der Waals surface area contributed by atoms with Crippen LogP contribution in [0.4, 0.5) is 5.69 Å². The van der Waals surface area contributed by atoms with Gasteiger partial charge in [-0.1, -0.05) is 34.8 Å². The predicted molar refractivity (Wildman–Crippen MR) is 156 cm³/mol. The summed E-state index contributed by atoms with van der Waals surface area (Å²) in [5, 5.41) is 3.45. The van der Waals surface area contributed by atoms with Crippen LogP contribution < -0.4 is 19.7 Å². The molecule has 0 spiro atoms. The third kappa shape index (κ3) is 6.22. The summed E-state index contributed by atoms with van der Waals surface area (Å²) in [5.41, 5.74) is 1.79. The summed E-state index contributed by atoms with van der Waals surface area (Å²) < 4.78 is 38.1. The number of halogens is 3. The molecule has 1 N–H and O–H groups in total. The minimum absolute atomic E-state index is 0.0595. The van der Waals surface area contributed by atoms with Crippen molar-refractivity contribution in [1.82, 2.24) is 14.2 Å². The number of carbonyl (C=O) groups excluding carboxylic acids is 2. The minimum atomic E-state index is -4.05. The quantitative estimate of drug-likeness (QED) is 0.379. The van der Waals surface area contributed by atoms with E-state index in [1.807, 2.05) is 4.90 Å². The number of amides is 2. The van der Waals surface area contributed by atoms with Crippen molar-refractivity contribution in [2.75, 3.05) is 51.8 Å².